The van der Waals surface area contributed by atoms with Crippen LogP contribution in [0.25, 0.3) is 0 Å². The number of carboxylic acid groups (broad SMARTS) is 1. The van der Waals surface area contributed by atoms with Gasteiger partial charge in [0.25, 0.3) is 0 Å². The van der Waals surface area contributed by atoms with E-state index >= 15 is 0 Å². The molecule has 6 heteroatoms. The molecule has 0 aliphatic heterocycles. The van der Waals surface area contributed by atoms with Crippen LogP contribution >= 0.6 is 0 Å². The number of carboxylic acids is 1. The summed E-state index contributed by atoms with van der Waals surface area (Å²) >= 11 is 0. The third kappa shape index (κ3) is 2.15. The topological polar surface area (TPSA) is 92.4 Å². The molecule has 1 heterocycles. The van der Waals surface area contributed by atoms with E-state index in [0.717, 1.165) is 12.2 Å². The van der Waals surface area contributed by atoms with Gasteiger partial charge in [-0.25, -0.2) is 4.98 Å². The summed E-state index contributed by atoms with van der Waals surface area (Å²) in [6, 6.07) is 0. The third-order valence-corrected chi connectivity index (χ3v) is 2.94. The molecule has 1 aliphatic rings. The van der Waals surface area contributed by atoms with Gasteiger partial charge >= 0.3 is 5.97 Å². The first kappa shape index (κ1) is 11.6. The molecule has 6 nitrogen and oxygen atoms in total. The second-order valence-corrected chi connectivity index (χ2v) is 4.14. The lowest BCUT2D eigenvalue weighted by Crippen LogP contribution is -2.36. The quantitative estimate of drug-likeness (QED) is 0.737. The third-order valence-electron chi connectivity index (χ3n) is 2.94. The number of amides is 1. The largest absolute Gasteiger partial charge is 0.480 e. The van der Waals surface area contributed by atoms with E-state index in [4.69, 9.17) is 9.52 Å². The standard InChI is InChI=1S/C11H14N2O4/c1-2-7-5-12-8(17-7)6-13-9(14)11(3-4-11)10(15)16/h5H,2-4,6H2,1H3,(H,13,14)(H,15,16). The molecule has 1 amide bonds. The number of rotatable bonds is 5. The van der Waals surface area contributed by atoms with Crippen molar-refractivity contribution >= 4 is 11.9 Å². The molecule has 17 heavy (non-hydrogen) atoms. The van der Waals surface area contributed by atoms with Crippen LogP contribution in [0, 0.1) is 5.41 Å². The van der Waals surface area contributed by atoms with Crippen molar-refractivity contribution in [3.05, 3.63) is 17.8 Å². The smallest absolute Gasteiger partial charge is 0.319 e. The van der Waals surface area contributed by atoms with Crippen LogP contribution in [0.4, 0.5) is 0 Å². The van der Waals surface area contributed by atoms with Crippen LogP contribution in [0.5, 0.6) is 0 Å². The molecule has 1 aromatic heterocycles. The first-order valence-electron chi connectivity index (χ1n) is 5.54. The molecule has 1 saturated carbocycles. The van der Waals surface area contributed by atoms with Crippen LogP contribution in [-0.4, -0.2) is 22.0 Å². The van der Waals surface area contributed by atoms with Crippen molar-refractivity contribution in [3.63, 3.8) is 0 Å². The predicted octanol–water partition coefficient (Wildman–Crippen LogP) is 0.718. The maximum Gasteiger partial charge on any atom is 0.319 e. The Morgan fingerprint density at radius 2 is 2.29 bits per heavy atom. The Morgan fingerprint density at radius 3 is 2.76 bits per heavy atom. The zero-order chi connectivity index (χ0) is 12.5. The minimum atomic E-state index is -1.21. The number of aromatic nitrogens is 1. The Morgan fingerprint density at radius 1 is 1.59 bits per heavy atom. The van der Waals surface area contributed by atoms with Crippen molar-refractivity contribution in [1.29, 1.82) is 0 Å². The lowest BCUT2D eigenvalue weighted by atomic mass is 10.1. The van der Waals surface area contributed by atoms with Gasteiger partial charge in [-0.05, 0) is 12.8 Å². The van der Waals surface area contributed by atoms with Gasteiger partial charge in [0.05, 0.1) is 12.7 Å². The zero-order valence-corrected chi connectivity index (χ0v) is 9.52. The van der Waals surface area contributed by atoms with E-state index in [1.165, 1.54) is 0 Å². The molecule has 1 aliphatic carbocycles. The molecule has 2 rings (SSSR count). The highest BCUT2D eigenvalue weighted by atomic mass is 16.4. The number of aliphatic carboxylic acids is 1. The monoisotopic (exact) mass is 238 g/mol. The van der Waals surface area contributed by atoms with Gasteiger partial charge in [-0.2, -0.15) is 0 Å². The van der Waals surface area contributed by atoms with Crippen LogP contribution in [0.15, 0.2) is 10.6 Å². The highest BCUT2D eigenvalue weighted by Crippen LogP contribution is 2.46. The number of nitrogens with one attached hydrogen (secondary N) is 1. The molecule has 0 spiro atoms. The number of hydrogen-bond donors (Lipinski definition) is 2. The second-order valence-electron chi connectivity index (χ2n) is 4.14. The van der Waals surface area contributed by atoms with E-state index in [1.54, 1.807) is 6.20 Å². The molecule has 0 saturated heterocycles. The summed E-state index contributed by atoms with van der Waals surface area (Å²) in [4.78, 5) is 26.5. The second kappa shape index (κ2) is 4.20. The van der Waals surface area contributed by atoms with Gasteiger partial charge in [0.1, 0.15) is 11.2 Å². The molecule has 0 bridgehead atoms. The van der Waals surface area contributed by atoms with Crippen molar-refractivity contribution in [1.82, 2.24) is 10.3 Å². The SMILES string of the molecule is CCc1cnc(CNC(=O)C2(C(=O)O)CC2)o1. The molecule has 0 aromatic carbocycles. The molecule has 0 unspecified atom stereocenters. The minimum absolute atomic E-state index is 0.133. The van der Waals surface area contributed by atoms with Crippen LogP contribution in [0.1, 0.15) is 31.4 Å². The molecule has 1 fully saturated rings. The summed E-state index contributed by atoms with van der Waals surface area (Å²) in [5, 5.41) is 11.5. The van der Waals surface area contributed by atoms with Gasteiger partial charge in [-0.15, -0.1) is 0 Å². The van der Waals surface area contributed by atoms with Crippen molar-refractivity contribution in [2.24, 2.45) is 5.41 Å². The predicted molar refractivity (Wildman–Crippen MR) is 57.0 cm³/mol. The maximum atomic E-state index is 11.7. The summed E-state index contributed by atoms with van der Waals surface area (Å²) in [5.41, 5.74) is -1.21. The Balaban J connectivity index is 1.90. The fourth-order valence-corrected chi connectivity index (χ4v) is 1.58. The van der Waals surface area contributed by atoms with E-state index in [2.05, 4.69) is 10.3 Å². The number of carbonyl (C=O) groups excluding carboxylic acids is 1. The zero-order valence-electron chi connectivity index (χ0n) is 9.52. The normalized spacial score (nSPS) is 16.5. The summed E-state index contributed by atoms with van der Waals surface area (Å²) in [6.45, 7) is 2.07. The number of nitrogens with zero attached hydrogens (tertiary/aromatic N) is 1. The Hall–Kier alpha value is -1.85. The number of aryl methyl sites for hydroxylation is 1. The van der Waals surface area contributed by atoms with Gasteiger partial charge in [0, 0.05) is 6.42 Å². The van der Waals surface area contributed by atoms with E-state index < -0.39 is 17.3 Å². The summed E-state index contributed by atoms with van der Waals surface area (Å²) < 4.78 is 5.30. The minimum Gasteiger partial charge on any atom is -0.480 e. The lowest BCUT2D eigenvalue weighted by molar-refractivity contribution is -0.149. The molecular formula is C11H14N2O4. The number of carbonyl (C=O) groups is 2. The van der Waals surface area contributed by atoms with E-state index in [9.17, 15) is 9.59 Å². The highest BCUT2D eigenvalue weighted by molar-refractivity contribution is 6.04. The van der Waals surface area contributed by atoms with Crippen LogP contribution < -0.4 is 5.32 Å². The Bertz CT molecular complexity index is 448. The molecule has 2 N–H and O–H groups in total. The fourth-order valence-electron chi connectivity index (χ4n) is 1.58. The summed E-state index contributed by atoms with van der Waals surface area (Å²) in [6.07, 6.45) is 3.14. The molecule has 92 valence electrons. The molecule has 1 aromatic rings. The van der Waals surface area contributed by atoms with E-state index in [-0.39, 0.29) is 6.54 Å². The van der Waals surface area contributed by atoms with Crippen LogP contribution in [-0.2, 0) is 22.6 Å². The van der Waals surface area contributed by atoms with E-state index in [0.29, 0.717) is 18.7 Å². The first-order valence-corrected chi connectivity index (χ1v) is 5.54. The van der Waals surface area contributed by atoms with Crippen molar-refractivity contribution in [3.8, 4) is 0 Å². The molecule has 0 radical (unpaired) electrons. The number of oxazole rings is 1. The Labute approximate surface area is 98.0 Å². The fraction of sp³-hybridized carbons (Fsp3) is 0.545. The number of hydrogen-bond acceptors (Lipinski definition) is 4. The average molecular weight is 238 g/mol. The van der Waals surface area contributed by atoms with Gasteiger partial charge in [0.2, 0.25) is 11.8 Å². The average Bonchev–Trinajstić information content (AvgIpc) is 3.00. The van der Waals surface area contributed by atoms with Crippen molar-refractivity contribution in [2.75, 3.05) is 0 Å². The Kier molecular flexibility index (Phi) is 2.87. The molecular weight excluding hydrogens is 224 g/mol. The van der Waals surface area contributed by atoms with Crippen molar-refractivity contribution < 1.29 is 19.1 Å². The molecule has 0 atom stereocenters. The first-order chi connectivity index (χ1) is 8.08. The van der Waals surface area contributed by atoms with Crippen LogP contribution in [0.2, 0.25) is 0 Å². The maximum absolute atomic E-state index is 11.7. The van der Waals surface area contributed by atoms with Gasteiger partial charge in [0.15, 0.2) is 0 Å². The lowest BCUT2D eigenvalue weighted by Gasteiger charge is -2.08. The van der Waals surface area contributed by atoms with Gasteiger partial charge < -0.3 is 14.8 Å². The highest BCUT2D eigenvalue weighted by Gasteiger charge is 2.57. The summed E-state index contributed by atoms with van der Waals surface area (Å²) in [5.74, 6) is -0.372. The van der Waals surface area contributed by atoms with E-state index in [1.807, 2.05) is 6.92 Å². The summed E-state index contributed by atoms with van der Waals surface area (Å²) in [7, 11) is 0. The van der Waals surface area contributed by atoms with Gasteiger partial charge in [-0.1, -0.05) is 6.92 Å². The van der Waals surface area contributed by atoms with Crippen LogP contribution in [0.3, 0.4) is 0 Å². The van der Waals surface area contributed by atoms with Gasteiger partial charge in [-0.3, -0.25) is 9.59 Å². The van der Waals surface area contributed by atoms with Crippen molar-refractivity contribution in [2.45, 2.75) is 32.7 Å².